The Labute approximate surface area is 137 Å². The molecule has 0 saturated heterocycles. The van der Waals surface area contributed by atoms with Crippen molar-refractivity contribution in [2.45, 2.75) is 32.8 Å². The summed E-state index contributed by atoms with van der Waals surface area (Å²) in [4.78, 5) is 12.1. The van der Waals surface area contributed by atoms with Gasteiger partial charge in [0.1, 0.15) is 5.75 Å². The zero-order chi connectivity index (χ0) is 17.4. The average Bonchev–Trinajstić information content (AvgIpc) is 2.53. The maximum absolute atomic E-state index is 5.92. The molecule has 1 atom stereocenters. The lowest BCUT2D eigenvalue weighted by Gasteiger charge is -2.17. The largest absolute Gasteiger partial charge is 0.451 e. The van der Waals surface area contributed by atoms with E-state index in [4.69, 9.17) is 20.9 Å². The summed E-state index contributed by atoms with van der Waals surface area (Å²) in [7, 11) is 1.63. The molecule has 4 N–H and O–H groups in total. The molecule has 0 radical (unpaired) electrons. The maximum Gasteiger partial charge on any atom is 0.187 e. The average molecular weight is 319 g/mol. The number of pyridine rings is 1. The Morgan fingerprint density at radius 3 is 2.65 bits per heavy atom. The number of hydrogen-bond acceptors (Lipinski definition) is 6. The molecular formula is C16H25N5O2. The van der Waals surface area contributed by atoms with Gasteiger partial charge < -0.3 is 20.9 Å². The van der Waals surface area contributed by atoms with Crippen LogP contribution in [0.2, 0.25) is 0 Å². The number of aromatic nitrogens is 1. The van der Waals surface area contributed by atoms with Crippen molar-refractivity contribution in [2.75, 3.05) is 13.8 Å². The van der Waals surface area contributed by atoms with E-state index in [-0.39, 0.29) is 30.3 Å². The molecular weight excluding hydrogens is 294 g/mol. The number of methoxy groups -OCH3 is 1. The Bertz CT molecular complexity index is 596. The Kier molecular flexibility index (Phi) is 7.37. The van der Waals surface area contributed by atoms with Crippen molar-refractivity contribution >= 4 is 12.6 Å². The quantitative estimate of drug-likeness (QED) is 0.433. The van der Waals surface area contributed by atoms with Crippen molar-refractivity contribution in [3.8, 4) is 5.75 Å². The normalized spacial score (nSPS) is 14.0. The molecule has 7 nitrogen and oxygen atoms in total. The summed E-state index contributed by atoms with van der Waals surface area (Å²) in [6, 6.07) is 1.83. The predicted molar refractivity (Wildman–Crippen MR) is 92.7 cm³/mol. The lowest BCUT2D eigenvalue weighted by atomic mass is 10.0. The van der Waals surface area contributed by atoms with E-state index in [1.165, 1.54) is 6.20 Å². The lowest BCUT2D eigenvalue weighted by Crippen LogP contribution is -2.21. The minimum atomic E-state index is -0.154. The lowest BCUT2D eigenvalue weighted by molar-refractivity contribution is 0.115. The second kappa shape index (κ2) is 9.02. The number of nitrogens with two attached hydrogens (primary N) is 2. The number of aliphatic imine (C=N–C) groups is 2. The van der Waals surface area contributed by atoms with Crippen molar-refractivity contribution < 1.29 is 9.47 Å². The highest BCUT2D eigenvalue weighted by atomic mass is 16.5. The van der Waals surface area contributed by atoms with Crippen LogP contribution in [0.4, 0.5) is 0 Å². The molecule has 0 saturated carbocycles. The Balaban J connectivity index is 3.28. The second-order valence-electron chi connectivity index (χ2n) is 5.18. The first-order valence-corrected chi connectivity index (χ1v) is 7.31. The first-order chi connectivity index (χ1) is 10.9. The van der Waals surface area contributed by atoms with E-state index in [0.717, 1.165) is 11.3 Å². The van der Waals surface area contributed by atoms with E-state index >= 15 is 0 Å². The zero-order valence-corrected chi connectivity index (χ0v) is 14.1. The van der Waals surface area contributed by atoms with Gasteiger partial charge in [0.05, 0.1) is 24.7 Å². The van der Waals surface area contributed by atoms with Crippen LogP contribution < -0.4 is 16.2 Å². The van der Waals surface area contributed by atoms with Crippen LogP contribution in [-0.2, 0) is 4.74 Å². The van der Waals surface area contributed by atoms with Crippen molar-refractivity contribution in [2.24, 2.45) is 21.5 Å². The summed E-state index contributed by atoms with van der Waals surface area (Å²) in [5.41, 5.74) is 12.9. The van der Waals surface area contributed by atoms with Gasteiger partial charge in [0.15, 0.2) is 11.6 Å². The van der Waals surface area contributed by atoms with E-state index in [2.05, 4.69) is 35.5 Å². The Morgan fingerprint density at radius 2 is 2.13 bits per heavy atom. The highest BCUT2D eigenvalue weighted by Gasteiger charge is 2.16. The fourth-order valence-corrected chi connectivity index (χ4v) is 1.85. The molecule has 126 valence electrons. The summed E-state index contributed by atoms with van der Waals surface area (Å²) in [5, 5.41) is 0. The van der Waals surface area contributed by atoms with Gasteiger partial charge in [-0.05, 0) is 19.6 Å². The van der Waals surface area contributed by atoms with Gasteiger partial charge in [-0.15, -0.1) is 0 Å². The molecule has 0 amide bonds. The predicted octanol–water partition coefficient (Wildman–Crippen LogP) is 2.11. The minimum Gasteiger partial charge on any atom is -0.451 e. The second-order valence-corrected chi connectivity index (χ2v) is 5.18. The first kappa shape index (κ1) is 18.8. The van der Waals surface area contributed by atoms with E-state index in [9.17, 15) is 0 Å². The number of ether oxygens (including phenoxy) is 2. The van der Waals surface area contributed by atoms with Crippen molar-refractivity contribution in [1.29, 1.82) is 0 Å². The van der Waals surface area contributed by atoms with E-state index in [0.29, 0.717) is 5.75 Å². The van der Waals surface area contributed by atoms with Crippen LogP contribution in [0.15, 0.2) is 34.2 Å². The fraction of sp³-hybridized carbons (Fsp3) is 0.438. The highest BCUT2D eigenvalue weighted by molar-refractivity contribution is 5.95. The Hall–Kier alpha value is -2.25. The molecule has 1 heterocycles. The highest BCUT2D eigenvalue weighted by Crippen LogP contribution is 2.30. The third kappa shape index (κ3) is 5.15. The molecule has 0 bridgehead atoms. The van der Waals surface area contributed by atoms with Crippen LogP contribution in [0.5, 0.6) is 5.75 Å². The van der Waals surface area contributed by atoms with Gasteiger partial charge >= 0.3 is 0 Å². The molecule has 1 rings (SSSR count). The molecule has 0 aromatic carbocycles. The van der Waals surface area contributed by atoms with Gasteiger partial charge in [0.2, 0.25) is 0 Å². The molecule has 0 spiro atoms. The van der Waals surface area contributed by atoms with E-state index in [1.807, 2.05) is 13.0 Å². The molecule has 1 aromatic heterocycles. The van der Waals surface area contributed by atoms with Gasteiger partial charge in [-0.1, -0.05) is 13.8 Å². The van der Waals surface area contributed by atoms with Gasteiger partial charge in [-0.2, -0.15) is 0 Å². The summed E-state index contributed by atoms with van der Waals surface area (Å²) in [6.45, 7) is 9.49. The molecule has 0 aliphatic heterocycles. The number of nitrogens with zero attached hydrogens (tertiary/aromatic N) is 3. The third-order valence-electron chi connectivity index (χ3n) is 3.25. The standard InChI is InChI=1S/C16H25N5O2/c1-10(2)12-7-20-13(11(3)22-5)6-14(12)23-15(8-19-4)16(18)21-9-17/h6-8,10-11H,4,9,17H2,1-3,5H3,(H2,18,21)/b15-8+/t11-/m0/s1. The molecule has 1 aromatic rings. The van der Waals surface area contributed by atoms with Crippen LogP contribution >= 0.6 is 0 Å². The van der Waals surface area contributed by atoms with Crippen molar-refractivity contribution in [3.63, 3.8) is 0 Å². The van der Waals surface area contributed by atoms with Crippen molar-refractivity contribution in [3.05, 3.63) is 35.5 Å². The smallest absolute Gasteiger partial charge is 0.187 e. The van der Waals surface area contributed by atoms with Crippen LogP contribution in [0.1, 0.15) is 44.1 Å². The Morgan fingerprint density at radius 1 is 1.43 bits per heavy atom. The summed E-state index contributed by atoms with van der Waals surface area (Å²) in [6.07, 6.45) is 3.03. The van der Waals surface area contributed by atoms with Crippen molar-refractivity contribution in [1.82, 2.24) is 4.98 Å². The van der Waals surface area contributed by atoms with Crippen LogP contribution in [0.3, 0.4) is 0 Å². The summed E-state index contributed by atoms with van der Waals surface area (Å²) >= 11 is 0. The molecule has 0 fully saturated rings. The zero-order valence-electron chi connectivity index (χ0n) is 14.1. The maximum atomic E-state index is 5.92. The molecule has 0 aliphatic carbocycles. The van der Waals surface area contributed by atoms with Gasteiger partial charge in [0, 0.05) is 24.9 Å². The number of amidine groups is 1. The number of hydrogen-bond donors (Lipinski definition) is 2. The minimum absolute atomic E-state index is 0.0585. The summed E-state index contributed by atoms with van der Waals surface area (Å²) < 4.78 is 11.2. The SMILES string of the molecule is C=N/C=C(/Oc1cc([C@H](C)OC)ncc1C(C)C)C(N)=NCN. The van der Waals surface area contributed by atoms with Crippen LogP contribution in [-0.4, -0.2) is 31.3 Å². The monoisotopic (exact) mass is 319 g/mol. The van der Waals surface area contributed by atoms with Crippen LogP contribution in [0, 0.1) is 0 Å². The molecule has 0 unspecified atom stereocenters. The van der Waals surface area contributed by atoms with Gasteiger partial charge in [0.25, 0.3) is 0 Å². The van der Waals surface area contributed by atoms with Gasteiger partial charge in [-0.3, -0.25) is 15.0 Å². The number of rotatable bonds is 8. The summed E-state index contributed by atoms with van der Waals surface area (Å²) in [5.74, 6) is 1.29. The molecule has 7 heteroatoms. The van der Waals surface area contributed by atoms with E-state index < -0.39 is 0 Å². The van der Waals surface area contributed by atoms with E-state index in [1.54, 1.807) is 13.3 Å². The molecule has 23 heavy (non-hydrogen) atoms. The third-order valence-corrected chi connectivity index (χ3v) is 3.25. The molecule has 0 aliphatic rings. The fourth-order valence-electron chi connectivity index (χ4n) is 1.85. The first-order valence-electron chi connectivity index (χ1n) is 7.31. The topological polar surface area (TPSA) is 108 Å². The van der Waals surface area contributed by atoms with Gasteiger partial charge in [-0.25, -0.2) is 0 Å². The van der Waals surface area contributed by atoms with Crippen LogP contribution in [0.25, 0.3) is 0 Å².